The zero-order valence-electron chi connectivity index (χ0n) is 13.1. The molecule has 0 atom stereocenters. The average Bonchev–Trinajstić information content (AvgIpc) is 3.04. The monoisotopic (exact) mass is 342 g/mol. The van der Waals surface area contributed by atoms with E-state index in [2.05, 4.69) is 15.5 Å². The highest BCUT2D eigenvalue weighted by molar-refractivity contribution is 6.34. The lowest BCUT2D eigenvalue weighted by atomic mass is 10.1. The number of anilines is 1. The van der Waals surface area contributed by atoms with Gasteiger partial charge in [-0.05, 0) is 24.3 Å². The molecule has 0 fully saturated rings. The molecule has 0 unspecified atom stereocenters. The minimum Gasteiger partial charge on any atom is -0.345 e. The number of fused-ring (bicyclic) bond motifs is 1. The molecule has 0 spiro atoms. The maximum atomic E-state index is 12.5. The fourth-order valence-corrected chi connectivity index (χ4v) is 2.56. The van der Waals surface area contributed by atoms with Crippen LogP contribution in [0.4, 0.5) is 5.69 Å². The number of amides is 2. The SMILES string of the molecule is CN(C)C(=O)c1cc(NC(=O)c2cccc3cn[nH]c23)ccc1Cl. The van der Waals surface area contributed by atoms with Crippen molar-refractivity contribution in [2.24, 2.45) is 0 Å². The number of H-pyrrole nitrogens is 1. The molecule has 1 heterocycles. The molecule has 2 aromatic carbocycles. The number of halogens is 1. The van der Waals surface area contributed by atoms with Crippen LogP contribution < -0.4 is 5.32 Å². The summed E-state index contributed by atoms with van der Waals surface area (Å²) in [6, 6.07) is 10.2. The standard InChI is InChI=1S/C17H15ClN4O2/c1-22(2)17(24)13-8-11(6-7-14(13)18)20-16(23)12-5-3-4-10-9-19-21-15(10)12/h3-9H,1-2H3,(H,19,21)(H,20,23). The molecule has 1 aromatic heterocycles. The van der Waals surface area contributed by atoms with Gasteiger partial charge in [0.05, 0.1) is 27.9 Å². The number of carbonyl (C=O) groups is 2. The fraction of sp³-hybridized carbons (Fsp3) is 0.118. The molecule has 0 saturated heterocycles. The smallest absolute Gasteiger partial charge is 0.257 e. The maximum absolute atomic E-state index is 12.5. The molecule has 3 aromatic rings. The summed E-state index contributed by atoms with van der Waals surface area (Å²) in [4.78, 5) is 26.1. The van der Waals surface area contributed by atoms with Gasteiger partial charge < -0.3 is 10.2 Å². The summed E-state index contributed by atoms with van der Waals surface area (Å²) >= 11 is 6.08. The van der Waals surface area contributed by atoms with Crippen LogP contribution in [0.1, 0.15) is 20.7 Å². The maximum Gasteiger partial charge on any atom is 0.257 e. The van der Waals surface area contributed by atoms with Gasteiger partial charge in [-0.2, -0.15) is 5.10 Å². The molecule has 0 bridgehead atoms. The summed E-state index contributed by atoms with van der Waals surface area (Å²) < 4.78 is 0. The van der Waals surface area contributed by atoms with Gasteiger partial charge in [0.1, 0.15) is 0 Å². The largest absolute Gasteiger partial charge is 0.345 e. The Balaban J connectivity index is 1.91. The van der Waals surface area contributed by atoms with Crippen LogP contribution in [0.2, 0.25) is 5.02 Å². The number of nitrogens with zero attached hydrogens (tertiary/aromatic N) is 2. The Morgan fingerprint density at radius 2 is 1.96 bits per heavy atom. The minimum atomic E-state index is -0.296. The zero-order chi connectivity index (χ0) is 17.3. The van der Waals surface area contributed by atoms with Gasteiger partial charge in [-0.25, -0.2) is 0 Å². The molecule has 0 aliphatic rings. The molecular formula is C17H15ClN4O2. The number of benzene rings is 2. The minimum absolute atomic E-state index is 0.230. The number of aromatic nitrogens is 2. The van der Waals surface area contributed by atoms with E-state index >= 15 is 0 Å². The van der Waals surface area contributed by atoms with Crippen LogP contribution in [0.25, 0.3) is 10.9 Å². The van der Waals surface area contributed by atoms with Crippen LogP contribution in [-0.4, -0.2) is 41.0 Å². The van der Waals surface area contributed by atoms with Crippen LogP contribution in [-0.2, 0) is 0 Å². The second-order valence-corrected chi connectivity index (χ2v) is 5.90. The molecule has 2 amide bonds. The summed E-state index contributed by atoms with van der Waals surface area (Å²) in [5, 5.41) is 10.7. The first-order chi connectivity index (χ1) is 11.5. The van der Waals surface area contributed by atoms with Gasteiger partial charge in [0.15, 0.2) is 0 Å². The van der Waals surface area contributed by atoms with Crippen molar-refractivity contribution >= 4 is 40.0 Å². The number of para-hydroxylation sites is 1. The highest BCUT2D eigenvalue weighted by Gasteiger charge is 2.16. The normalized spacial score (nSPS) is 10.6. The van der Waals surface area contributed by atoms with Gasteiger partial charge in [-0.15, -0.1) is 0 Å². The summed E-state index contributed by atoms with van der Waals surface area (Å²) in [5.74, 6) is -0.526. The Morgan fingerprint density at radius 3 is 2.71 bits per heavy atom. The van der Waals surface area contributed by atoms with Crippen LogP contribution in [0.15, 0.2) is 42.6 Å². The van der Waals surface area contributed by atoms with Crippen molar-refractivity contribution in [3.05, 3.63) is 58.7 Å². The van der Waals surface area contributed by atoms with Crippen LogP contribution >= 0.6 is 11.6 Å². The van der Waals surface area contributed by atoms with Gasteiger partial charge in [0.2, 0.25) is 0 Å². The summed E-state index contributed by atoms with van der Waals surface area (Å²) in [6.45, 7) is 0. The first-order valence-electron chi connectivity index (χ1n) is 7.22. The van der Waals surface area contributed by atoms with Crippen LogP contribution in [0, 0.1) is 0 Å². The lowest BCUT2D eigenvalue weighted by Crippen LogP contribution is -2.22. The van der Waals surface area contributed by atoms with Gasteiger partial charge in [0.25, 0.3) is 11.8 Å². The Morgan fingerprint density at radius 1 is 1.17 bits per heavy atom. The molecule has 122 valence electrons. The molecule has 24 heavy (non-hydrogen) atoms. The van der Waals surface area contributed by atoms with E-state index < -0.39 is 0 Å². The van der Waals surface area contributed by atoms with E-state index in [1.807, 2.05) is 6.07 Å². The summed E-state index contributed by atoms with van der Waals surface area (Å²) in [7, 11) is 3.28. The molecule has 3 rings (SSSR count). The topological polar surface area (TPSA) is 78.1 Å². The molecule has 0 aliphatic heterocycles. The zero-order valence-corrected chi connectivity index (χ0v) is 13.9. The third-order valence-electron chi connectivity index (χ3n) is 3.58. The van der Waals surface area contributed by atoms with Crippen LogP contribution in [0.3, 0.4) is 0 Å². The van der Waals surface area contributed by atoms with E-state index in [0.29, 0.717) is 27.4 Å². The Bertz CT molecular complexity index is 933. The predicted octanol–water partition coefficient (Wildman–Crippen LogP) is 3.17. The number of nitrogens with one attached hydrogen (secondary N) is 2. The number of carbonyl (C=O) groups excluding carboxylic acids is 2. The van der Waals surface area contributed by atoms with Crippen molar-refractivity contribution in [3.63, 3.8) is 0 Å². The van der Waals surface area contributed by atoms with E-state index in [1.54, 1.807) is 50.6 Å². The molecular weight excluding hydrogens is 328 g/mol. The van der Waals surface area contributed by atoms with Gasteiger partial charge in [0, 0.05) is 25.2 Å². The van der Waals surface area contributed by atoms with Crippen molar-refractivity contribution in [1.82, 2.24) is 15.1 Å². The Hall–Kier alpha value is -2.86. The van der Waals surface area contributed by atoms with Crippen LogP contribution in [0.5, 0.6) is 0 Å². The quantitative estimate of drug-likeness (QED) is 0.767. The second-order valence-electron chi connectivity index (χ2n) is 5.49. The molecule has 0 aliphatic carbocycles. The fourth-order valence-electron chi connectivity index (χ4n) is 2.36. The van der Waals surface area contributed by atoms with E-state index in [9.17, 15) is 9.59 Å². The lowest BCUT2D eigenvalue weighted by Gasteiger charge is -2.13. The first kappa shape index (κ1) is 16.0. The predicted molar refractivity (Wildman–Crippen MR) is 93.5 cm³/mol. The highest BCUT2D eigenvalue weighted by atomic mass is 35.5. The highest BCUT2D eigenvalue weighted by Crippen LogP contribution is 2.23. The van der Waals surface area contributed by atoms with Crippen molar-refractivity contribution in [1.29, 1.82) is 0 Å². The number of hydrogen-bond donors (Lipinski definition) is 2. The summed E-state index contributed by atoms with van der Waals surface area (Å²) in [5.41, 5.74) is 1.96. The number of rotatable bonds is 3. The molecule has 0 radical (unpaired) electrons. The lowest BCUT2D eigenvalue weighted by molar-refractivity contribution is 0.0827. The molecule has 2 N–H and O–H groups in total. The summed E-state index contributed by atoms with van der Waals surface area (Å²) in [6.07, 6.45) is 1.66. The number of hydrogen-bond acceptors (Lipinski definition) is 3. The van der Waals surface area contributed by atoms with E-state index in [4.69, 9.17) is 11.6 Å². The first-order valence-corrected chi connectivity index (χ1v) is 7.60. The molecule has 6 nitrogen and oxygen atoms in total. The van der Waals surface area contributed by atoms with E-state index in [-0.39, 0.29) is 11.8 Å². The third-order valence-corrected chi connectivity index (χ3v) is 3.91. The second kappa shape index (κ2) is 6.33. The average molecular weight is 343 g/mol. The van der Waals surface area contributed by atoms with Gasteiger partial charge in [-0.3, -0.25) is 14.7 Å². The third kappa shape index (κ3) is 2.96. The number of aromatic amines is 1. The Kier molecular flexibility index (Phi) is 4.22. The van der Waals surface area contributed by atoms with E-state index in [0.717, 1.165) is 5.39 Å². The van der Waals surface area contributed by atoms with Crippen molar-refractivity contribution in [2.75, 3.05) is 19.4 Å². The van der Waals surface area contributed by atoms with Crippen molar-refractivity contribution in [2.45, 2.75) is 0 Å². The molecule has 7 heteroatoms. The van der Waals surface area contributed by atoms with E-state index in [1.165, 1.54) is 4.90 Å². The Labute approximate surface area is 143 Å². The van der Waals surface area contributed by atoms with Gasteiger partial charge in [-0.1, -0.05) is 23.7 Å². The van der Waals surface area contributed by atoms with Gasteiger partial charge >= 0.3 is 0 Å². The molecule has 0 saturated carbocycles. The van der Waals surface area contributed by atoms with Crippen molar-refractivity contribution < 1.29 is 9.59 Å². The van der Waals surface area contributed by atoms with Crippen molar-refractivity contribution in [3.8, 4) is 0 Å².